The Morgan fingerprint density at radius 1 is 1.55 bits per heavy atom. The van der Waals surface area contributed by atoms with E-state index in [1.807, 2.05) is 6.26 Å². The lowest BCUT2D eigenvalue weighted by atomic mass is 10.2. The molecule has 20 heavy (non-hydrogen) atoms. The number of aliphatic hydroxyl groups is 2. The minimum absolute atomic E-state index is 0.260. The number of rotatable bonds is 7. The van der Waals surface area contributed by atoms with Crippen LogP contribution in [0.3, 0.4) is 0 Å². The van der Waals surface area contributed by atoms with Gasteiger partial charge in [-0.05, 0) is 6.26 Å². The van der Waals surface area contributed by atoms with Gasteiger partial charge in [0.2, 0.25) is 0 Å². The molecule has 2 aromatic rings. The zero-order valence-electron chi connectivity index (χ0n) is 11.0. The Morgan fingerprint density at radius 2 is 2.35 bits per heavy atom. The number of nitrogens with zero attached hydrogens (tertiary/aromatic N) is 2. The molecule has 0 spiro atoms. The third-order valence-corrected chi connectivity index (χ3v) is 3.65. The molecule has 0 saturated heterocycles. The Labute approximate surface area is 119 Å². The average Bonchev–Trinajstić information content (AvgIpc) is 2.87. The van der Waals surface area contributed by atoms with Gasteiger partial charge in [0.25, 0.3) is 5.56 Å². The summed E-state index contributed by atoms with van der Waals surface area (Å²) in [4.78, 5) is 18.1. The first-order valence-corrected chi connectivity index (χ1v) is 7.48. The van der Waals surface area contributed by atoms with E-state index in [2.05, 4.69) is 25.5 Å². The maximum Gasteiger partial charge on any atom is 0.276 e. The van der Waals surface area contributed by atoms with Crippen LogP contribution in [0.15, 0.2) is 11.1 Å². The molecule has 2 aromatic heterocycles. The highest BCUT2D eigenvalue weighted by atomic mass is 32.2. The summed E-state index contributed by atoms with van der Waals surface area (Å²) in [7, 11) is 0. The molecule has 0 radical (unpaired) electrons. The third-order valence-electron chi connectivity index (χ3n) is 2.96. The molecule has 9 heteroatoms. The fourth-order valence-electron chi connectivity index (χ4n) is 1.86. The predicted molar refractivity (Wildman–Crippen MR) is 76.6 cm³/mol. The summed E-state index contributed by atoms with van der Waals surface area (Å²) in [5.41, 5.74) is 1.16. The summed E-state index contributed by atoms with van der Waals surface area (Å²) >= 11 is 1.56. The summed E-state index contributed by atoms with van der Waals surface area (Å²) in [5, 5.41) is 28.5. The topological polar surface area (TPSA) is 127 Å². The van der Waals surface area contributed by atoms with E-state index >= 15 is 0 Å². The molecule has 2 heterocycles. The van der Waals surface area contributed by atoms with Gasteiger partial charge in [-0.15, -0.1) is 0 Å². The number of nitrogens with one attached hydrogen (secondary N) is 3. The molecule has 0 aliphatic heterocycles. The van der Waals surface area contributed by atoms with E-state index < -0.39 is 6.10 Å². The number of fused-ring (bicyclic) bond motifs is 1. The SMILES string of the molecule is CSC[C@@H](NCc1n[nH]c2c(=O)[nH]cnc12)[C@@H](O)CO. The maximum absolute atomic E-state index is 11.5. The van der Waals surface area contributed by atoms with Crippen molar-refractivity contribution in [3.8, 4) is 0 Å². The monoisotopic (exact) mass is 299 g/mol. The molecule has 0 fully saturated rings. The second-order valence-electron chi connectivity index (χ2n) is 4.32. The standard InChI is InChI=1S/C11H17N5O3S/c1-20-4-7(8(18)3-17)12-2-6-9-10(16-15-6)11(19)14-5-13-9/h5,7-8,12,17-18H,2-4H2,1H3,(H,15,16)(H,13,14,19)/t7-,8+/m1/s1. The molecule has 0 aliphatic rings. The largest absolute Gasteiger partial charge is 0.394 e. The van der Waals surface area contributed by atoms with Crippen LogP contribution < -0.4 is 10.9 Å². The lowest BCUT2D eigenvalue weighted by molar-refractivity contribution is 0.0688. The van der Waals surface area contributed by atoms with Crippen LogP contribution in [-0.2, 0) is 6.54 Å². The lowest BCUT2D eigenvalue weighted by Crippen LogP contribution is -2.43. The molecule has 0 bridgehead atoms. The maximum atomic E-state index is 11.5. The summed E-state index contributed by atoms with van der Waals surface area (Å²) in [6.07, 6.45) is 2.40. The van der Waals surface area contributed by atoms with Crippen molar-refractivity contribution in [2.24, 2.45) is 0 Å². The third kappa shape index (κ3) is 3.18. The van der Waals surface area contributed by atoms with Gasteiger partial charge in [-0.1, -0.05) is 0 Å². The van der Waals surface area contributed by atoms with Crippen LogP contribution in [0.5, 0.6) is 0 Å². The molecular formula is C11H17N5O3S. The number of aromatic nitrogens is 4. The Bertz CT molecular complexity index is 613. The second kappa shape index (κ2) is 6.84. The van der Waals surface area contributed by atoms with E-state index in [0.29, 0.717) is 29.0 Å². The van der Waals surface area contributed by atoms with Crippen molar-refractivity contribution in [3.05, 3.63) is 22.4 Å². The first-order valence-electron chi connectivity index (χ1n) is 6.09. The number of thioether (sulfide) groups is 1. The average molecular weight is 299 g/mol. The fourth-order valence-corrected chi connectivity index (χ4v) is 2.56. The number of aliphatic hydroxyl groups excluding tert-OH is 2. The molecule has 5 N–H and O–H groups in total. The Hall–Kier alpha value is -1.42. The van der Waals surface area contributed by atoms with Gasteiger partial charge in [0.05, 0.1) is 19.0 Å². The minimum Gasteiger partial charge on any atom is -0.394 e. The van der Waals surface area contributed by atoms with Crippen molar-refractivity contribution in [1.82, 2.24) is 25.5 Å². The van der Waals surface area contributed by atoms with Crippen LogP contribution in [0.4, 0.5) is 0 Å². The van der Waals surface area contributed by atoms with Crippen LogP contribution in [0, 0.1) is 0 Å². The van der Waals surface area contributed by atoms with Gasteiger partial charge in [0.15, 0.2) is 0 Å². The van der Waals surface area contributed by atoms with Crippen molar-refractivity contribution in [1.29, 1.82) is 0 Å². The Morgan fingerprint density at radius 3 is 3.05 bits per heavy atom. The van der Waals surface area contributed by atoms with E-state index in [-0.39, 0.29) is 18.2 Å². The first kappa shape index (κ1) is 15.0. The Kier molecular flexibility index (Phi) is 5.12. The van der Waals surface area contributed by atoms with Gasteiger partial charge in [0.1, 0.15) is 16.7 Å². The van der Waals surface area contributed by atoms with Gasteiger partial charge in [-0.3, -0.25) is 9.89 Å². The van der Waals surface area contributed by atoms with Crippen LogP contribution in [-0.4, -0.2) is 61.1 Å². The molecule has 2 atom stereocenters. The molecule has 8 nitrogen and oxygen atoms in total. The molecular weight excluding hydrogens is 282 g/mol. The molecule has 0 amide bonds. The van der Waals surface area contributed by atoms with Crippen molar-refractivity contribution >= 4 is 22.8 Å². The van der Waals surface area contributed by atoms with Crippen LogP contribution in [0.25, 0.3) is 11.0 Å². The number of hydrogen-bond acceptors (Lipinski definition) is 7. The quantitative estimate of drug-likeness (QED) is 0.435. The van der Waals surface area contributed by atoms with E-state index in [9.17, 15) is 9.90 Å². The predicted octanol–water partition coefficient (Wildman–Crippen LogP) is -1.18. The second-order valence-corrected chi connectivity index (χ2v) is 5.23. The van der Waals surface area contributed by atoms with Gasteiger partial charge in [-0.25, -0.2) is 4.98 Å². The smallest absolute Gasteiger partial charge is 0.276 e. The lowest BCUT2D eigenvalue weighted by Gasteiger charge is -2.21. The molecule has 2 rings (SSSR count). The van der Waals surface area contributed by atoms with Crippen LogP contribution in [0.2, 0.25) is 0 Å². The van der Waals surface area contributed by atoms with Crippen molar-refractivity contribution in [2.75, 3.05) is 18.6 Å². The van der Waals surface area contributed by atoms with Gasteiger partial charge in [-0.2, -0.15) is 16.9 Å². The molecule has 0 saturated carbocycles. The van der Waals surface area contributed by atoms with Gasteiger partial charge < -0.3 is 20.5 Å². The van der Waals surface area contributed by atoms with E-state index in [1.54, 1.807) is 11.8 Å². The molecule has 0 unspecified atom stereocenters. The van der Waals surface area contributed by atoms with E-state index in [4.69, 9.17) is 5.11 Å². The number of H-pyrrole nitrogens is 2. The summed E-state index contributed by atoms with van der Waals surface area (Å²) in [6, 6.07) is -0.260. The highest BCUT2D eigenvalue weighted by molar-refractivity contribution is 7.98. The van der Waals surface area contributed by atoms with E-state index in [0.717, 1.165) is 0 Å². The van der Waals surface area contributed by atoms with Crippen molar-refractivity contribution in [2.45, 2.75) is 18.7 Å². The van der Waals surface area contributed by atoms with Crippen LogP contribution in [0.1, 0.15) is 5.69 Å². The molecule has 0 aliphatic carbocycles. The summed E-state index contributed by atoms with van der Waals surface area (Å²) in [5.74, 6) is 0.651. The fraction of sp³-hybridized carbons (Fsp3) is 0.545. The zero-order valence-corrected chi connectivity index (χ0v) is 11.8. The summed E-state index contributed by atoms with van der Waals surface area (Å²) < 4.78 is 0. The minimum atomic E-state index is -0.844. The van der Waals surface area contributed by atoms with Gasteiger partial charge >= 0.3 is 0 Å². The van der Waals surface area contributed by atoms with Crippen molar-refractivity contribution < 1.29 is 10.2 Å². The van der Waals surface area contributed by atoms with E-state index in [1.165, 1.54) is 6.33 Å². The van der Waals surface area contributed by atoms with Crippen LogP contribution >= 0.6 is 11.8 Å². The van der Waals surface area contributed by atoms with Gasteiger partial charge in [0, 0.05) is 18.3 Å². The normalized spacial score (nSPS) is 14.6. The molecule has 0 aromatic carbocycles. The highest BCUT2D eigenvalue weighted by Gasteiger charge is 2.18. The Balaban J connectivity index is 2.12. The number of hydrogen-bond donors (Lipinski definition) is 5. The highest BCUT2D eigenvalue weighted by Crippen LogP contribution is 2.09. The van der Waals surface area contributed by atoms with Crippen molar-refractivity contribution in [3.63, 3.8) is 0 Å². The molecule has 110 valence electrons. The first-order chi connectivity index (χ1) is 9.67. The zero-order chi connectivity index (χ0) is 14.5. The summed E-state index contributed by atoms with van der Waals surface area (Å²) in [6.45, 7) is 0.0379. The number of aromatic amines is 2.